The Labute approximate surface area is 222 Å². The van der Waals surface area contributed by atoms with Crippen LogP contribution in [0.1, 0.15) is 61.4 Å². The van der Waals surface area contributed by atoms with E-state index in [1.165, 1.54) is 11.3 Å². The zero-order chi connectivity index (χ0) is 25.7. The maximum atomic E-state index is 13.4. The molecule has 2 atom stereocenters. The number of carbonyl (C=O) groups excluding carboxylic acids is 1. The van der Waals surface area contributed by atoms with Crippen molar-refractivity contribution >= 4 is 45.0 Å². The molecule has 1 fully saturated rings. The largest absolute Gasteiger partial charge is 0.454 e. The van der Waals surface area contributed by atoms with Gasteiger partial charge >= 0.3 is 0 Å². The first-order chi connectivity index (χ1) is 17.1. The molecule has 0 spiro atoms. The Morgan fingerprint density at radius 2 is 1.89 bits per heavy atom. The molecule has 2 N–H and O–H groups in total. The summed E-state index contributed by atoms with van der Waals surface area (Å²) in [4.78, 5) is 18.9. The summed E-state index contributed by atoms with van der Waals surface area (Å²) in [6.45, 7) is 7.82. The number of nitrogens with zero attached hydrogens (tertiary/aromatic N) is 1. The second-order valence-electron chi connectivity index (χ2n) is 10.0. The summed E-state index contributed by atoms with van der Waals surface area (Å²) in [6, 6.07) is 12.7. The number of aryl methyl sites for hydroxylation is 1. The van der Waals surface area contributed by atoms with Crippen LogP contribution in [0.15, 0.2) is 42.5 Å². The Balaban J connectivity index is 1.42. The number of benzene rings is 2. The molecule has 1 aliphatic heterocycles. The number of halogens is 1. The van der Waals surface area contributed by atoms with Crippen LogP contribution in [0.25, 0.3) is 0 Å². The van der Waals surface area contributed by atoms with Crippen LogP contribution >= 0.6 is 22.9 Å². The summed E-state index contributed by atoms with van der Waals surface area (Å²) in [5.74, 6) is 1.27. The molecule has 190 valence electrons. The molecule has 1 aromatic heterocycles. The number of anilines is 1. The van der Waals surface area contributed by atoms with E-state index in [0.29, 0.717) is 21.7 Å². The van der Waals surface area contributed by atoms with Crippen molar-refractivity contribution in [2.45, 2.75) is 56.7 Å². The lowest BCUT2D eigenvalue weighted by atomic mass is 9.94. The molecule has 7 nitrogen and oxygen atoms in total. The quantitative estimate of drug-likeness (QED) is 0.401. The second-order valence-corrected chi connectivity index (χ2v) is 13.5. The van der Waals surface area contributed by atoms with Crippen LogP contribution in [0.2, 0.25) is 5.02 Å². The van der Waals surface area contributed by atoms with E-state index in [2.05, 4.69) is 15.0 Å². The fourth-order valence-electron chi connectivity index (χ4n) is 4.16. The standard InChI is InChI=1S/C26H28ClN3O4S2/c1-15-22(21(30-36(32)25(2,3)4)17-7-5-6-8-18(17)27)35-24(28-15)29-23(31)26(11-12-26)16-9-10-19-20(13-16)34-14-33-19/h5-10,13,21,30H,11-12,14H2,1-4H3,(H,28,29,31)/t21-,36-/m0/s1. The van der Waals surface area contributed by atoms with Gasteiger partial charge in [-0.1, -0.05) is 47.2 Å². The molecule has 36 heavy (non-hydrogen) atoms. The number of nitrogens with one attached hydrogen (secondary N) is 2. The first-order valence-electron chi connectivity index (χ1n) is 11.7. The number of hydrogen-bond acceptors (Lipinski definition) is 6. The third-order valence-electron chi connectivity index (χ3n) is 6.42. The Morgan fingerprint density at radius 1 is 1.17 bits per heavy atom. The molecule has 2 aromatic carbocycles. The highest BCUT2D eigenvalue weighted by atomic mass is 35.5. The van der Waals surface area contributed by atoms with E-state index < -0.39 is 27.2 Å². The summed E-state index contributed by atoms with van der Waals surface area (Å²) in [5, 5.41) is 4.10. The molecule has 5 rings (SSSR count). The lowest BCUT2D eigenvalue weighted by Crippen LogP contribution is -2.36. The van der Waals surface area contributed by atoms with Gasteiger partial charge in [-0.15, -0.1) is 0 Å². The van der Waals surface area contributed by atoms with Gasteiger partial charge in [0.15, 0.2) is 16.6 Å². The van der Waals surface area contributed by atoms with E-state index >= 15 is 0 Å². The van der Waals surface area contributed by atoms with E-state index in [9.17, 15) is 9.00 Å². The molecule has 0 unspecified atom stereocenters. The van der Waals surface area contributed by atoms with Gasteiger partial charge in [-0.25, -0.2) is 13.9 Å². The van der Waals surface area contributed by atoms with Gasteiger partial charge in [-0.05, 0) is 69.9 Å². The third kappa shape index (κ3) is 4.77. The number of fused-ring (bicyclic) bond motifs is 1. The molecule has 0 radical (unpaired) electrons. The summed E-state index contributed by atoms with van der Waals surface area (Å²) in [7, 11) is -1.35. The summed E-state index contributed by atoms with van der Waals surface area (Å²) in [6.07, 6.45) is 1.51. The lowest BCUT2D eigenvalue weighted by molar-refractivity contribution is -0.118. The minimum absolute atomic E-state index is 0.0952. The summed E-state index contributed by atoms with van der Waals surface area (Å²) >= 11 is 7.91. The maximum Gasteiger partial charge on any atom is 0.236 e. The molecule has 0 saturated heterocycles. The molecule has 10 heteroatoms. The Hall–Kier alpha value is -2.46. The zero-order valence-corrected chi connectivity index (χ0v) is 22.9. The van der Waals surface area contributed by atoms with Crippen molar-refractivity contribution < 1.29 is 18.5 Å². The highest BCUT2D eigenvalue weighted by molar-refractivity contribution is 7.84. The van der Waals surface area contributed by atoms with E-state index in [1.54, 1.807) is 0 Å². The zero-order valence-electron chi connectivity index (χ0n) is 20.5. The van der Waals surface area contributed by atoms with Crippen molar-refractivity contribution in [2.24, 2.45) is 0 Å². The topological polar surface area (TPSA) is 89.6 Å². The van der Waals surface area contributed by atoms with Gasteiger partial charge in [0, 0.05) is 5.02 Å². The highest BCUT2D eigenvalue weighted by Gasteiger charge is 2.52. The molecule has 0 bridgehead atoms. The van der Waals surface area contributed by atoms with Crippen LogP contribution in [0, 0.1) is 6.92 Å². The van der Waals surface area contributed by atoms with E-state index in [1.807, 2.05) is 70.2 Å². The molecule has 1 amide bonds. The number of amides is 1. The molecule has 2 aliphatic rings. The van der Waals surface area contributed by atoms with Crippen LogP contribution in [0.3, 0.4) is 0 Å². The van der Waals surface area contributed by atoms with Crippen molar-refractivity contribution in [3.63, 3.8) is 0 Å². The molecule has 3 aromatic rings. The average molecular weight is 546 g/mol. The van der Waals surface area contributed by atoms with Gasteiger partial charge in [0.05, 0.1) is 37.8 Å². The van der Waals surface area contributed by atoms with Crippen LogP contribution in [-0.2, 0) is 21.2 Å². The van der Waals surface area contributed by atoms with E-state index in [4.69, 9.17) is 21.1 Å². The molecule has 2 heterocycles. The number of rotatable bonds is 7. The van der Waals surface area contributed by atoms with Gasteiger partial charge in [-0.2, -0.15) is 0 Å². The predicted octanol–water partition coefficient (Wildman–Crippen LogP) is 5.65. The number of carbonyl (C=O) groups is 1. The van der Waals surface area contributed by atoms with Crippen molar-refractivity contribution in [1.29, 1.82) is 0 Å². The third-order valence-corrected chi connectivity index (χ3v) is 9.47. The Bertz CT molecular complexity index is 1350. The predicted molar refractivity (Wildman–Crippen MR) is 143 cm³/mol. The van der Waals surface area contributed by atoms with Gasteiger partial charge in [0.1, 0.15) is 0 Å². The van der Waals surface area contributed by atoms with Crippen LogP contribution in [0.4, 0.5) is 5.13 Å². The molecular weight excluding hydrogens is 518 g/mol. The summed E-state index contributed by atoms with van der Waals surface area (Å²) in [5.41, 5.74) is 1.86. The second kappa shape index (κ2) is 9.45. The fraction of sp³-hybridized carbons (Fsp3) is 0.385. The van der Waals surface area contributed by atoms with Crippen molar-refractivity contribution in [1.82, 2.24) is 9.71 Å². The first kappa shape index (κ1) is 25.2. The first-order valence-corrected chi connectivity index (χ1v) is 14.0. The number of ether oxygens (including phenoxy) is 2. The fourth-order valence-corrected chi connectivity index (χ4v) is 6.33. The summed E-state index contributed by atoms with van der Waals surface area (Å²) < 4.78 is 26.7. The van der Waals surface area contributed by atoms with Gasteiger partial charge in [0.2, 0.25) is 12.7 Å². The Kier molecular flexibility index (Phi) is 6.61. The monoisotopic (exact) mass is 545 g/mol. The highest BCUT2D eigenvalue weighted by Crippen LogP contribution is 2.51. The molecular formula is C26H28ClN3O4S2. The van der Waals surface area contributed by atoms with Crippen molar-refractivity contribution in [2.75, 3.05) is 12.1 Å². The molecule has 1 saturated carbocycles. The minimum atomic E-state index is -1.35. The minimum Gasteiger partial charge on any atom is -0.454 e. The average Bonchev–Trinajstić information content (AvgIpc) is 3.38. The van der Waals surface area contributed by atoms with Crippen molar-refractivity contribution in [3.05, 3.63) is 69.2 Å². The molecule has 1 aliphatic carbocycles. The van der Waals surface area contributed by atoms with Crippen molar-refractivity contribution in [3.8, 4) is 11.5 Å². The number of hydrogen-bond donors (Lipinski definition) is 2. The normalized spacial score (nSPS) is 17.5. The van der Waals surface area contributed by atoms with Gasteiger partial charge in [0.25, 0.3) is 0 Å². The lowest BCUT2D eigenvalue weighted by Gasteiger charge is -2.25. The van der Waals surface area contributed by atoms with E-state index in [0.717, 1.165) is 34.5 Å². The Morgan fingerprint density at radius 3 is 2.58 bits per heavy atom. The number of aromatic nitrogens is 1. The van der Waals surface area contributed by atoms with Gasteiger partial charge < -0.3 is 14.8 Å². The van der Waals surface area contributed by atoms with Gasteiger partial charge in [-0.3, -0.25) is 4.79 Å². The SMILES string of the molecule is Cc1nc(NC(=O)C2(c3ccc4c(c3)OCO4)CC2)sc1[C@@H](N[S@@](=O)C(C)(C)C)c1ccccc1Cl. The maximum absolute atomic E-state index is 13.4. The van der Waals surface area contributed by atoms with E-state index in [-0.39, 0.29) is 12.7 Å². The smallest absolute Gasteiger partial charge is 0.236 e. The number of thiazole rings is 1. The van der Waals surface area contributed by atoms with Crippen LogP contribution in [-0.4, -0.2) is 26.6 Å². The van der Waals surface area contributed by atoms with Crippen LogP contribution < -0.4 is 19.5 Å². The van der Waals surface area contributed by atoms with Crippen LogP contribution in [0.5, 0.6) is 11.5 Å².